The second-order valence-corrected chi connectivity index (χ2v) is 6.50. The van der Waals surface area contributed by atoms with E-state index in [0.29, 0.717) is 13.2 Å². The van der Waals surface area contributed by atoms with Crippen LogP contribution in [0.3, 0.4) is 0 Å². The quantitative estimate of drug-likeness (QED) is 0.549. The minimum atomic E-state index is -0.129. The Morgan fingerprint density at radius 1 is 1.45 bits per heavy atom. The smallest absolute Gasteiger partial charge is 0.319 e. The maximum atomic E-state index is 11.6. The SMILES string of the molecule is CCCCOC(=O)CNCC1(N(C)C)CCCC(C)C1. The molecule has 4 nitrogen and oxygen atoms in total. The van der Waals surface area contributed by atoms with E-state index in [1.165, 1.54) is 25.7 Å². The number of ether oxygens (including phenoxy) is 1. The monoisotopic (exact) mass is 284 g/mol. The molecule has 1 N–H and O–H groups in total. The molecule has 20 heavy (non-hydrogen) atoms. The maximum Gasteiger partial charge on any atom is 0.319 e. The number of esters is 1. The molecule has 0 aromatic rings. The van der Waals surface area contributed by atoms with Crippen molar-refractivity contribution in [3.63, 3.8) is 0 Å². The number of hydrogen-bond acceptors (Lipinski definition) is 4. The molecule has 0 aromatic carbocycles. The predicted molar refractivity (Wildman–Crippen MR) is 82.8 cm³/mol. The van der Waals surface area contributed by atoms with Gasteiger partial charge in [-0.1, -0.05) is 33.1 Å². The molecule has 0 aromatic heterocycles. The Balaban J connectivity index is 2.34. The molecular weight excluding hydrogens is 252 g/mol. The number of unbranched alkanes of at least 4 members (excludes halogenated alkanes) is 1. The molecule has 0 radical (unpaired) electrons. The molecule has 1 saturated carbocycles. The summed E-state index contributed by atoms with van der Waals surface area (Å²) in [5.74, 6) is 0.640. The summed E-state index contributed by atoms with van der Waals surface area (Å²) in [6.07, 6.45) is 7.03. The number of hydrogen-bond donors (Lipinski definition) is 1. The molecule has 0 heterocycles. The first-order valence-corrected chi connectivity index (χ1v) is 8.04. The van der Waals surface area contributed by atoms with Crippen molar-refractivity contribution in [1.82, 2.24) is 10.2 Å². The van der Waals surface area contributed by atoms with E-state index in [4.69, 9.17) is 4.74 Å². The first kappa shape index (κ1) is 17.4. The molecule has 2 unspecified atom stereocenters. The van der Waals surface area contributed by atoms with E-state index in [1.807, 2.05) is 0 Å². The van der Waals surface area contributed by atoms with Crippen LogP contribution in [-0.2, 0) is 9.53 Å². The number of nitrogens with zero attached hydrogens (tertiary/aromatic N) is 1. The zero-order valence-electron chi connectivity index (χ0n) is 13.7. The van der Waals surface area contributed by atoms with Crippen LogP contribution in [-0.4, -0.2) is 50.2 Å². The number of carbonyl (C=O) groups excluding carboxylic acids is 1. The Labute approximate surface area is 124 Å². The number of rotatable bonds is 8. The fraction of sp³-hybridized carbons (Fsp3) is 0.938. The molecule has 1 aliphatic rings. The highest BCUT2D eigenvalue weighted by Crippen LogP contribution is 2.35. The van der Waals surface area contributed by atoms with Crippen LogP contribution >= 0.6 is 0 Å². The fourth-order valence-corrected chi connectivity index (χ4v) is 3.14. The van der Waals surface area contributed by atoms with E-state index in [9.17, 15) is 4.79 Å². The van der Waals surface area contributed by atoms with Gasteiger partial charge in [0.25, 0.3) is 0 Å². The highest BCUT2D eigenvalue weighted by molar-refractivity contribution is 5.71. The Morgan fingerprint density at radius 2 is 2.20 bits per heavy atom. The standard InChI is InChI=1S/C16H32N2O2/c1-5-6-10-20-15(19)12-17-13-16(18(3)4)9-7-8-14(2)11-16/h14,17H,5-13H2,1-4H3. The summed E-state index contributed by atoms with van der Waals surface area (Å²) in [5.41, 5.74) is 0.196. The largest absolute Gasteiger partial charge is 0.465 e. The molecule has 0 bridgehead atoms. The van der Waals surface area contributed by atoms with Crippen molar-refractivity contribution in [2.24, 2.45) is 5.92 Å². The van der Waals surface area contributed by atoms with Gasteiger partial charge in [0.1, 0.15) is 0 Å². The maximum absolute atomic E-state index is 11.6. The van der Waals surface area contributed by atoms with Crippen molar-refractivity contribution in [2.75, 3.05) is 33.8 Å². The van der Waals surface area contributed by atoms with Gasteiger partial charge in [0.2, 0.25) is 0 Å². The van der Waals surface area contributed by atoms with Crippen LogP contribution < -0.4 is 5.32 Å². The fourth-order valence-electron chi connectivity index (χ4n) is 3.14. The van der Waals surface area contributed by atoms with Gasteiger partial charge in [-0.25, -0.2) is 0 Å². The van der Waals surface area contributed by atoms with Gasteiger partial charge < -0.3 is 15.0 Å². The lowest BCUT2D eigenvalue weighted by atomic mass is 9.75. The van der Waals surface area contributed by atoms with Gasteiger partial charge in [-0.3, -0.25) is 4.79 Å². The average Bonchev–Trinajstić information content (AvgIpc) is 2.39. The molecule has 0 aliphatic heterocycles. The summed E-state index contributed by atoms with van der Waals surface area (Å²) >= 11 is 0. The van der Waals surface area contributed by atoms with Crippen LogP contribution in [0.1, 0.15) is 52.4 Å². The minimum absolute atomic E-state index is 0.129. The highest BCUT2D eigenvalue weighted by atomic mass is 16.5. The van der Waals surface area contributed by atoms with Gasteiger partial charge in [-0.2, -0.15) is 0 Å². The number of carbonyl (C=O) groups is 1. The lowest BCUT2D eigenvalue weighted by Gasteiger charge is -2.45. The number of likely N-dealkylation sites (N-methyl/N-ethyl adjacent to an activating group) is 1. The second kappa shape index (κ2) is 8.63. The van der Waals surface area contributed by atoms with Crippen LogP contribution in [0.5, 0.6) is 0 Å². The van der Waals surface area contributed by atoms with Crippen LogP contribution in [0.2, 0.25) is 0 Å². The lowest BCUT2D eigenvalue weighted by molar-refractivity contribution is -0.142. The molecule has 0 saturated heterocycles. The third-order valence-corrected chi connectivity index (χ3v) is 4.50. The third-order valence-electron chi connectivity index (χ3n) is 4.50. The molecular formula is C16H32N2O2. The molecule has 118 valence electrons. The van der Waals surface area contributed by atoms with E-state index in [1.54, 1.807) is 0 Å². The van der Waals surface area contributed by atoms with Gasteiger partial charge in [0.05, 0.1) is 13.2 Å². The van der Waals surface area contributed by atoms with Gasteiger partial charge in [-0.05, 0) is 39.3 Å². The van der Waals surface area contributed by atoms with Crippen molar-refractivity contribution in [3.05, 3.63) is 0 Å². The molecule has 1 aliphatic carbocycles. The van der Waals surface area contributed by atoms with Gasteiger partial charge >= 0.3 is 5.97 Å². The topological polar surface area (TPSA) is 41.6 Å². The van der Waals surface area contributed by atoms with E-state index in [2.05, 4.69) is 38.2 Å². The Kier molecular flexibility index (Phi) is 7.52. The van der Waals surface area contributed by atoms with Crippen LogP contribution in [0.25, 0.3) is 0 Å². The lowest BCUT2D eigenvalue weighted by Crippen LogP contribution is -2.54. The summed E-state index contributed by atoms with van der Waals surface area (Å²) in [4.78, 5) is 13.9. The molecule has 1 fully saturated rings. The van der Waals surface area contributed by atoms with E-state index in [-0.39, 0.29) is 11.5 Å². The predicted octanol–water partition coefficient (Wildman–Crippen LogP) is 2.43. The normalized spacial score (nSPS) is 26.8. The summed E-state index contributed by atoms with van der Waals surface area (Å²) in [5, 5.41) is 3.31. The van der Waals surface area contributed by atoms with E-state index >= 15 is 0 Å². The molecule has 0 spiro atoms. The van der Waals surface area contributed by atoms with Gasteiger partial charge in [-0.15, -0.1) is 0 Å². The van der Waals surface area contributed by atoms with Crippen molar-refractivity contribution in [3.8, 4) is 0 Å². The Morgan fingerprint density at radius 3 is 2.80 bits per heavy atom. The molecule has 4 heteroatoms. The van der Waals surface area contributed by atoms with Crippen molar-refractivity contribution >= 4 is 5.97 Å². The summed E-state index contributed by atoms with van der Waals surface area (Å²) < 4.78 is 5.17. The molecule has 0 amide bonds. The van der Waals surface area contributed by atoms with Crippen LogP contribution in [0.4, 0.5) is 0 Å². The zero-order chi connectivity index (χ0) is 15.0. The summed E-state index contributed by atoms with van der Waals surface area (Å²) in [6.45, 7) is 6.17. The number of nitrogens with one attached hydrogen (secondary N) is 1. The summed E-state index contributed by atoms with van der Waals surface area (Å²) in [7, 11) is 4.30. The minimum Gasteiger partial charge on any atom is -0.465 e. The van der Waals surface area contributed by atoms with Crippen molar-refractivity contribution in [1.29, 1.82) is 0 Å². The Hall–Kier alpha value is -0.610. The zero-order valence-corrected chi connectivity index (χ0v) is 13.7. The van der Waals surface area contributed by atoms with Gasteiger partial charge in [0.15, 0.2) is 0 Å². The average molecular weight is 284 g/mol. The second-order valence-electron chi connectivity index (χ2n) is 6.50. The van der Waals surface area contributed by atoms with Gasteiger partial charge in [0, 0.05) is 12.1 Å². The first-order chi connectivity index (χ1) is 9.50. The van der Waals surface area contributed by atoms with Crippen molar-refractivity contribution < 1.29 is 9.53 Å². The molecule has 1 rings (SSSR count). The highest BCUT2D eigenvalue weighted by Gasteiger charge is 2.36. The molecule has 2 atom stereocenters. The van der Waals surface area contributed by atoms with E-state index in [0.717, 1.165) is 25.3 Å². The first-order valence-electron chi connectivity index (χ1n) is 8.04. The van der Waals surface area contributed by atoms with Crippen molar-refractivity contribution in [2.45, 2.75) is 57.9 Å². The van der Waals surface area contributed by atoms with E-state index < -0.39 is 0 Å². The van der Waals surface area contributed by atoms with Crippen LogP contribution in [0.15, 0.2) is 0 Å². The third kappa shape index (κ3) is 5.41. The Bertz CT molecular complexity index is 294. The summed E-state index contributed by atoms with van der Waals surface area (Å²) in [6, 6.07) is 0. The van der Waals surface area contributed by atoms with Crippen LogP contribution in [0, 0.1) is 5.92 Å².